The minimum absolute atomic E-state index is 0.285. The van der Waals surface area contributed by atoms with Crippen LogP contribution in [0, 0.1) is 12.7 Å². The van der Waals surface area contributed by atoms with Gasteiger partial charge in [0.1, 0.15) is 11.6 Å². The van der Waals surface area contributed by atoms with Crippen LogP contribution in [-0.2, 0) is 0 Å². The average Bonchev–Trinajstić information content (AvgIpc) is 3.26. The van der Waals surface area contributed by atoms with E-state index in [2.05, 4.69) is 20.6 Å². The normalized spacial score (nSPS) is 10.8. The summed E-state index contributed by atoms with van der Waals surface area (Å²) in [5.41, 5.74) is 2.17. The van der Waals surface area contributed by atoms with E-state index < -0.39 is 5.82 Å². The summed E-state index contributed by atoms with van der Waals surface area (Å²) in [5, 5.41) is 6.91. The number of amides is 1. The van der Waals surface area contributed by atoms with Gasteiger partial charge < -0.3 is 15.1 Å². The third-order valence-electron chi connectivity index (χ3n) is 4.38. The third-order valence-corrected chi connectivity index (χ3v) is 4.38. The molecule has 2 aromatic heterocycles. The molecule has 0 bridgehead atoms. The van der Waals surface area contributed by atoms with Gasteiger partial charge in [0.05, 0.1) is 11.8 Å². The topological polar surface area (TPSA) is 80.1 Å². The molecule has 146 valence electrons. The summed E-state index contributed by atoms with van der Waals surface area (Å²) in [6.45, 7) is 2.80. The van der Waals surface area contributed by atoms with Crippen LogP contribution in [-0.4, -0.2) is 29.0 Å². The van der Waals surface area contributed by atoms with Gasteiger partial charge in [-0.15, -0.1) is 0 Å². The largest absolute Gasteiger partial charge is 0.461 e. The van der Waals surface area contributed by atoms with E-state index in [9.17, 15) is 9.18 Å². The van der Waals surface area contributed by atoms with Crippen molar-refractivity contribution in [2.24, 2.45) is 0 Å². The summed E-state index contributed by atoms with van der Waals surface area (Å²) in [5.74, 6) is 0.952. The quantitative estimate of drug-likeness (QED) is 0.483. The van der Waals surface area contributed by atoms with Crippen molar-refractivity contribution in [3.05, 3.63) is 77.8 Å². The van der Waals surface area contributed by atoms with Crippen molar-refractivity contribution in [2.75, 3.05) is 18.4 Å². The third kappa shape index (κ3) is 4.24. The summed E-state index contributed by atoms with van der Waals surface area (Å²) >= 11 is 0. The van der Waals surface area contributed by atoms with E-state index in [1.807, 2.05) is 25.1 Å². The molecule has 0 saturated carbocycles. The lowest BCUT2D eigenvalue weighted by Gasteiger charge is -2.11. The Bertz CT molecular complexity index is 1160. The predicted octanol–water partition coefficient (Wildman–Crippen LogP) is 4.18. The molecule has 0 saturated heterocycles. The van der Waals surface area contributed by atoms with Gasteiger partial charge in [0, 0.05) is 24.0 Å². The molecule has 0 aliphatic heterocycles. The maximum absolute atomic E-state index is 13.3. The molecule has 0 spiro atoms. The van der Waals surface area contributed by atoms with Gasteiger partial charge in [-0.1, -0.05) is 17.7 Å². The smallest absolute Gasteiger partial charge is 0.251 e. The maximum atomic E-state index is 13.3. The van der Waals surface area contributed by atoms with Crippen molar-refractivity contribution in [2.45, 2.75) is 6.92 Å². The van der Waals surface area contributed by atoms with Gasteiger partial charge in [0.25, 0.3) is 5.91 Å². The molecule has 1 amide bonds. The molecule has 7 heteroatoms. The van der Waals surface area contributed by atoms with Crippen molar-refractivity contribution in [1.29, 1.82) is 0 Å². The number of rotatable bonds is 6. The van der Waals surface area contributed by atoms with Crippen molar-refractivity contribution in [3.8, 4) is 11.6 Å². The van der Waals surface area contributed by atoms with E-state index in [1.54, 1.807) is 24.5 Å². The predicted molar refractivity (Wildman–Crippen MR) is 109 cm³/mol. The first-order chi connectivity index (χ1) is 14.1. The minimum Gasteiger partial charge on any atom is -0.461 e. The molecule has 0 unspecified atom stereocenters. The summed E-state index contributed by atoms with van der Waals surface area (Å²) in [6, 6.07) is 15.1. The van der Waals surface area contributed by atoms with Gasteiger partial charge in [-0.2, -0.15) is 0 Å². The number of fused-ring (bicyclic) bond motifs is 1. The highest BCUT2D eigenvalue weighted by Gasteiger charge is 2.12. The molecule has 4 rings (SSSR count). The van der Waals surface area contributed by atoms with Crippen LogP contribution in [0.5, 0.6) is 0 Å². The molecular formula is C22H19FN4O2. The summed E-state index contributed by atoms with van der Waals surface area (Å²) in [6.07, 6.45) is 1.58. The lowest BCUT2D eigenvalue weighted by molar-refractivity contribution is 0.0954. The van der Waals surface area contributed by atoms with Gasteiger partial charge in [0.2, 0.25) is 0 Å². The van der Waals surface area contributed by atoms with Crippen molar-refractivity contribution in [3.63, 3.8) is 0 Å². The summed E-state index contributed by atoms with van der Waals surface area (Å²) < 4.78 is 18.7. The fourth-order valence-corrected chi connectivity index (χ4v) is 2.98. The number of benzene rings is 2. The summed E-state index contributed by atoms with van der Waals surface area (Å²) in [7, 11) is 0. The molecule has 4 aromatic rings. The van der Waals surface area contributed by atoms with E-state index in [0.717, 1.165) is 16.5 Å². The van der Waals surface area contributed by atoms with E-state index in [-0.39, 0.29) is 11.5 Å². The zero-order valence-electron chi connectivity index (χ0n) is 15.8. The van der Waals surface area contributed by atoms with Crippen LogP contribution in [0.2, 0.25) is 0 Å². The Hall–Kier alpha value is -3.74. The van der Waals surface area contributed by atoms with Crippen LogP contribution >= 0.6 is 0 Å². The highest BCUT2D eigenvalue weighted by atomic mass is 19.1. The van der Waals surface area contributed by atoms with Crippen LogP contribution in [0.4, 0.5) is 10.2 Å². The van der Waals surface area contributed by atoms with Crippen LogP contribution in [0.1, 0.15) is 15.9 Å². The molecule has 0 fully saturated rings. The van der Waals surface area contributed by atoms with Gasteiger partial charge in [-0.3, -0.25) is 4.79 Å². The van der Waals surface area contributed by atoms with Crippen LogP contribution in [0.15, 0.2) is 65.3 Å². The molecule has 6 nitrogen and oxygen atoms in total. The number of nitrogens with zero attached hydrogens (tertiary/aromatic N) is 2. The maximum Gasteiger partial charge on any atom is 0.251 e. The summed E-state index contributed by atoms with van der Waals surface area (Å²) in [4.78, 5) is 21.3. The molecule has 2 N–H and O–H groups in total. The molecule has 0 atom stereocenters. The first-order valence-electron chi connectivity index (χ1n) is 9.20. The molecule has 0 radical (unpaired) electrons. The van der Waals surface area contributed by atoms with E-state index in [4.69, 9.17) is 4.42 Å². The van der Waals surface area contributed by atoms with Crippen molar-refractivity contribution in [1.82, 2.24) is 15.3 Å². The Balaban J connectivity index is 1.49. The molecule has 2 heterocycles. The number of nitrogens with one attached hydrogen (secondary N) is 2. The fourth-order valence-electron chi connectivity index (χ4n) is 2.98. The van der Waals surface area contributed by atoms with Gasteiger partial charge in [0.15, 0.2) is 11.6 Å². The van der Waals surface area contributed by atoms with Gasteiger partial charge in [-0.05, 0) is 49.4 Å². The first-order valence-corrected chi connectivity index (χ1v) is 9.20. The van der Waals surface area contributed by atoms with E-state index in [0.29, 0.717) is 30.5 Å². The number of anilines is 1. The zero-order valence-corrected chi connectivity index (χ0v) is 15.8. The highest BCUT2D eigenvalue weighted by Crippen LogP contribution is 2.26. The van der Waals surface area contributed by atoms with E-state index in [1.165, 1.54) is 18.2 Å². The fraction of sp³-hybridized carbons (Fsp3) is 0.136. The lowest BCUT2D eigenvalue weighted by Crippen LogP contribution is -2.29. The Labute approximate surface area is 166 Å². The Morgan fingerprint density at radius 2 is 1.97 bits per heavy atom. The second-order valence-corrected chi connectivity index (χ2v) is 6.59. The minimum atomic E-state index is -0.441. The Morgan fingerprint density at radius 3 is 2.76 bits per heavy atom. The number of furan rings is 1. The second-order valence-electron chi connectivity index (χ2n) is 6.59. The number of carbonyl (C=O) groups is 1. The van der Waals surface area contributed by atoms with Gasteiger partial charge >= 0.3 is 0 Å². The second kappa shape index (κ2) is 8.10. The average molecular weight is 390 g/mol. The molecule has 0 aliphatic carbocycles. The standard InChI is InChI=1S/C22H19FN4O2/c1-14-7-8-18-17(12-14)20(27-21(26-18)19-6-3-11-29-19)24-9-10-25-22(28)15-4-2-5-16(23)13-15/h2-8,11-13H,9-10H2,1H3,(H,25,28)(H,24,26,27). The van der Waals surface area contributed by atoms with E-state index >= 15 is 0 Å². The Morgan fingerprint density at radius 1 is 1.07 bits per heavy atom. The molecular weight excluding hydrogens is 371 g/mol. The monoisotopic (exact) mass is 390 g/mol. The number of aryl methyl sites for hydroxylation is 1. The number of aromatic nitrogens is 2. The zero-order chi connectivity index (χ0) is 20.2. The molecule has 0 aliphatic rings. The SMILES string of the molecule is Cc1ccc2nc(-c3ccco3)nc(NCCNC(=O)c3cccc(F)c3)c2c1. The highest BCUT2D eigenvalue weighted by molar-refractivity contribution is 5.94. The Kier molecular flexibility index (Phi) is 5.20. The lowest BCUT2D eigenvalue weighted by atomic mass is 10.1. The number of carbonyl (C=O) groups excluding carboxylic acids is 1. The number of hydrogen-bond donors (Lipinski definition) is 2. The van der Waals surface area contributed by atoms with Crippen molar-refractivity contribution >= 4 is 22.6 Å². The first kappa shape index (κ1) is 18.6. The molecule has 2 aromatic carbocycles. The van der Waals surface area contributed by atoms with Crippen LogP contribution in [0.25, 0.3) is 22.5 Å². The van der Waals surface area contributed by atoms with Crippen LogP contribution in [0.3, 0.4) is 0 Å². The van der Waals surface area contributed by atoms with Crippen molar-refractivity contribution < 1.29 is 13.6 Å². The number of hydrogen-bond acceptors (Lipinski definition) is 5. The number of halogens is 1. The molecule has 29 heavy (non-hydrogen) atoms. The van der Waals surface area contributed by atoms with Gasteiger partial charge in [-0.25, -0.2) is 14.4 Å². The van der Waals surface area contributed by atoms with Crippen LogP contribution < -0.4 is 10.6 Å².